The number of esters is 1. The lowest BCUT2D eigenvalue weighted by Gasteiger charge is -2.12. The van der Waals surface area contributed by atoms with Crippen LogP contribution < -0.4 is 0 Å². The van der Waals surface area contributed by atoms with E-state index < -0.39 is 34.4 Å². The summed E-state index contributed by atoms with van der Waals surface area (Å²) in [5.41, 5.74) is 3.92. The lowest BCUT2D eigenvalue weighted by atomic mass is 9.97. The van der Waals surface area contributed by atoms with Gasteiger partial charge >= 0.3 is 12.1 Å². The fourth-order valence-electron chi connectivity index (χ4n) is 4.51. The molecule has 4 rings (SSSR count). The van der Waals surface area contributed by atoms with Gasteiger partial charge in [0.05, 0.1) is 5.92 Å². The van der Waals surface area contributed by atoms with Gasteiger partial charge in [0.2, 0.25) is 0 Å². The zero-order chi connectivity index (χ0) is 21.7. The molecule has 1 saturated carbocycles. The van der Waals surface area contributed by atoms with Crippen molar-refractivity contribution in [3.05, 3.63) is 70.8 Å². The minimum atomic E-state index is -4.60. The summed E-state index contributed by atoms with van der Waals surface area (Å²) in [6, 6.07) is 16.1. The van der Waals surface area contributed by atoms with Crippen LogP contribution in [0.4, 0.5) is 13.2 Å². The molecule has 0 bridgehead atoms. The maximum absolute atomic E-state index is 12.8. The van der Waals surface area contributed by atoms with Crippen molar-refractivity contribution < 1.29 is 22.7 Å². The third kappa shape index (κ3) is 3.87. The first-order valence-corrected chi connectivity index (χ1v) is 10.3. The molecule has 0 N–H and O–H groups in total. The van der Waals surface area contributed by atoms with Crippen LogP contribution >= 0.6 is 11.6 Å². The fraction of sp³-hybridized carbons (Fsp3) is 0.375. The molecule has 0 aromatic heterocycles. The first-order valence-electron chi connectivity index (χ1n) is 9.90. The Morgan fingerprint density at radius 3 is 2.47 bits per heavy atom. The summed E-state index contributed by atoms with van der Waals surface area (Å²) in [5, 5.41) is -1.18. The highest BCUT2D eigenvalue weighted by atomic mass is 35.5. The number of hydrogen-bond acceptors (Lipinski definition) is 2. The molecular formula is C24H22ClF3O2. The third-order valence-electron chi connectivity index (χ3n) is 6.28. The predicted octanol–water partition coefficient (Wildman–Crippen LogP) is 6.32. The number of carbonyl (C=O) groups is 1. The van der Waals surface area contributed by atoms with E-state index in [1.54, 1.807) is 13.8 Å². The summed E-state index contributed by atoms with van der Waals surface area (Å²) >= 11 is 5.38. The van der Waals surface area contributed by atoms with E-state index in [0.717, 1.165) is 28.3 Å². The zero-order valence-electron chi connectivity index (χ0n) is 16.7. The molecule has 0 radical (unpaired) electrons. The largest absolute Gasteiger partial charge is 0.461 e. The second kappa shape index (κ2) is 7.45. The first-order chi connectivity index (χ1) is 14.1. The number of allylic oxidation sites excluding steroid dienone is 2. The SMILES string of the molecule is CC1(C)[C@H](C(=O)O[C@H]2Cc3cccc(-c4ccccc4)c3C2)[C@@H]1C=C(Cl)C(F)(F)F. The van der Waals surface area contributed by atoms with E-state index in [-0.39, 0.29) is 6.10 Å². The summed E-state index contributed by atoms with van der Waals surface area (Å²) in [6.45, 7) is 3.52. The minimum Gasteiger partial charge on any atom is -0.461 e. The maximum atomic E-state index is 12.8. The van der Waals surface area contributed by atoms with Gasteiger partial charge in [-0.05, 0) is 33.6 Å². The second-order valence-corrected chi connectivity index (χ2v) is 9.02. The fourth-order valence-corrected chi connectivity index (χ4v) is 4.65. The standard InChI is InChI=1S/C24H22ClF3O2/c1-23(2)19(13-20(25)24(26,27)28)21(23)22(29)30-16-11-15-9-6-10-17(18(15)12-16)14-7-4-3-5-8-14/h3-10,13,16,19,21H,11-12H2,1-2H3/t16-,19-,21-/m0/s1. The van der Waals surface area contributed by atoms with Crippen LogP contribution in [0, 0.1) is 17.3 Å². The van der Waals surface area contributed by atoms with Crippen molar-refractivity contribution in [2.75, 3.05) is 0 Å². The number of benzene rings is 2. The molecule has 2 aliphatic carbocycles. The quantitative estimate of drug-likeness (QED) is 0.526. The molecule has 2 aromatic carbocycles. The van der Waals surface area contributed by atoms with Crippen molar-refractivity contribution in [2.24, 2.45) is 17.3 Å². The van der Waals surface area contributed by atoms with Gasteiger partial charge < -0.3 is 4.74 Å². The van der Waals surface area contributed by atoms with Gasteiger partial charge in [-0.25, -0.2) is 0 Å². The van der Waals surface area contributed by atoms with Crippen molar-refractivity contribution in [3.63, 3.8) is 0 Å². The smallest absolute Gasteiger partial charge is 0.426 e. The normalized spacial score (nSPS) is 25.0. The average molecular weight is 435 g/mol. The summed E-state index contributed by atoms with van der Waals surface area (Å²) < 4.78 is 44.0. The highest BCUT2D eigenvalue weighted by Gasteiger charge is 2.62. The van der Waals surface area contributed by atoms with Crippen LogP contribution in [0.5, 0.6) is 0 Å². The number of rotatable bonds is 4. The summed E-state index contributed by atoms with van der Waals surface area (Å²) in [6.07, 6.45) is -2.75. The lowest BCUT2D eigenvalue weighted by Crippen LogP contribution is -2.21. The summed E-state index contributed by atoms with van der Waals surface area (Å²) in [5.74, 6) is -1.65. The Morgan fingerprint density at radius 2 is 1.80 bits per heavy atom. The molecule has 2 aliphatic rings. The molecule has 30 heavy (non-hydrogen) atoms. The van der Waals surface area contributed by atoms with E-state index in [1.165, 1.54) is 0 Å². The van der Waals surface area contributed by atoms with Crippen LogP contribution in [0.25, 0.3) is 11.1 Å². The van der Waals surface area contributed by atoms with Crippen molar-refractivity contribution in [1.29, 1.82) is 0 Å². The Kier molecular flexibility index (Phi) is 5.21. The Bertz CT molecular complexity index is 995. The monoisotopic (exact) mass is 434 g/mol. The molecular weight excluding hydrogens is 413 g/mol. The van der Waals surface area contributed by atoms with Crippen LogP contribution in [0.3, 0.4) is 0 Å². The Balaban J connectivity index is 1.47. The van der Waals surface area contributed by atoms with Gasteiger partial charge in [-0.3, -0.25) is 4.79 Å². The molecule has 2 aromatic rings. The highest BCUT2D eigenvalue weighted by molar-refractivity contribution is 6.30. The van der Waals surface area contributed by atoms with Crippen LogP contribution in [0.15, 0.2) is 59.6 Å². The van der Waals surface area contributed by atoms with E-state index in [4.69, 9.17) is 16.3 Å². The Morgan fingerprint density at radius 1 is 1.10 bits per heavy atom. The number of ether oxygens (including phenoxy) is 1. The molecule has 2 nitrogen and oxygen atoms in total. The second-order valence-electron chi connectivity index (χ2n) is 8.61. The zero-order valence-corrected chi connectivity index (χ0v) is 17.4. The van der Waals surface area contributed by atoms with Crippen molar-refractivity contribution >= 4 is 17.6 Å². The van der Waals surface area contributed by atoms with Gasteiger partial charge in [0.15, 0.2) is 0 Å². The van der Waals surface area contributed by atoms with Gasteiger partial charge in [-0.1, -0.05) is 80.1 Å². The average Bonchev–Trinajstić information content (AvgIpc) is 3.01. The van der Waals surface area contributed by atoms with Crippen LogP contribution in [0.1, 0.15) is 25.0 Å². The molecule has 0 heterocycles. The van der Waals surface area contributed by atoms with Gasteiger partial charge in [0, 0.05) is 12.8 Å². The summed E-state index contributed by atoms with van der Waals surface area (Å²) in [4.78, 5) is 12.7. The molecule has 0 saturated heterocycles. The molecule has 0 amide bonds. The minimum absolute atomic E-state index is 0.309. The predicted molar refractivity (Wildman–Crippen MR) is 110 cm³/mol. The molecule has 3 atom stereocenters. The van der Waals surface area contributed by atoms with Crippen molar-refractivity contribution in [3.8, 4) is 11.1 Å². The highest BCUT2D eigenvalue weighted by Crippen LogP contribution is 2.60. The number of hydrogen-bond donors (Lipinski definition) is 0. The molecule has 158 valence electrons. The summed E-state index contributed by atoms with van der Waals surface area (Å²) in [7, 11) is 0. The van der Waals surface area contributed by atoms with Gasteiger partial charge in [-0.15, -0.1) is 0 Å². The van der Waals surface area contributed by atoms with Gasteiger partial charge in [-0.2, -0.15) is 13.2 Å². The molecule has 0 spiro atoms. The van der Waals surface area contributed by atoms with Crippen molar-refractivity contribution in [1.82, 2.24) is 0 Å². The molecule has 0 aliphatic heterocycles. The van der Waals surface area contributed by atoms with Crippen LogP contribution in [-0.4, -0.2) is 18.2 Å². The van der Waals surface area contributed by atoms with Crippen LogP contribution in [-0.2, 0) is 22.4 Å². The number of halogens is 4. The van der Waals surface area contributed by atoms with Gasteiger partial charge in [0.1, 0.15) is 11.1 Å². The van der Waals surface area contributed by atoms with E-state index in [2.05, 4.69) is 6.07 Å². The number of fused-ring (bicyclic) bond motifs is 1. The van der Waals surface area contributed by atoms with Gasteiger partial charge in [0.25, 0.3) is 0 Å². The first kappa shape index (κ1) is 21.0. The van der Waals surface area contributed by atoms with Crippen LogP contribution in [0.2, 0.25) is 0 Å². The van der Waals surface area contributed by atoms with E-state index in [1.807, 2.05) is 42.5 Å². The Labute approximate surface area is 178 Å². The molecule has 1 fully saturated rings. The van der Waals surface area contributed by atoms with E-state index in [0.29, 0.717) is 12.8 Å². The molecule has 0 unspecified atom stereocenters. The topological polar surface area (TPSA) is 26.3 Å². The van der Waals surface area contributed by atoms with E-state index in [9.17, 15) is 18.0 Å². The third-order valence-corrected chi connectivity index (χ3v) is 6.62. The molecule has 6 heteroatoms. The van der Waals surface area contributed by atoms with Crippen molar-refractivity contribution in [2.45, 2.75) is 39.0 Å². The lowest BCUT2D eigenvalue weighted by molar-refractivity contribution is -0.151. The maximum Gasteiger partial charge on any atom is 0.426 e. The number of carbonyl (C=O) groups excluding carboxylic acids is 1. The Hall–Kier alpha value is -2.27. The van der Waals surface area contributed by atoms with E-state index >= 15 is 0 Å². The number of alkyl halides is 3.